The van der Waals surface area contributed by atoms with Crippen LogP contribution in [0.5, 0.6) is 11.5 Å². The minimum absolute atomic E-state index is 0.0796. The molecule has 0 fully saturated rings. The highest BCUT2D eigenvalue weighted by Crippen LogP contribution is 2.18. The van der Waals surface area contributed by atoms with Crippen molar-refractivity contribution >= 4 is 29.1 Å². The first-order valence-electron chi connectivity index (χ1n) is 9.81. The predicted molar refractivity (Wildman–Crippen MR) is 115 cm³/mol. The number of rotatable bonds is 10. The number of hydrogen-bond donors (Lipinski definition) is 3. The van der Waals surface area contributed by atoms with E-state index in [0.29, 0.717) is 18.0 Å². The SMILES string of the molecule is CCOc1ccc(NC(=O)CCC(=O)NNC(=O)C(C)Oc2ccc([N+](=O)[O-])cc2)cc1. The quantitative estimate of drug-likeness (QED) is 0.376. The van der Waals surface area contributed by atoms with Crippen LogP contribution < -0.4 is 25.6 Å². The average molecular weight is 444 g/mol. The van der Waals surface area contributed by atoms with Gasteiger partial charge in [0.1, 0.15) is 11.5 Å². The number of nitrogens with zero attached hydrogens (tertiary/aromatic N) is 1. The fourth-order valence-electron chi connectivity index (χ4n) is 2.45. The lowest BCUT2D eigenvalue weighted by Crippen LogP contribution is -2.47. The number of anilines is 1. The highest BCUT2D eigenvalue weighted by Gasteiger charge is 2.16. The summed E-state index contributed by atoms with van der Waals surface area (Å²) in [5, 5.41) is 13.3. The number of nitrogens with one attached hydrogen (secondary N) is 3. The van der Waals surface area contributed by atoms with Crippen molar-refractivity contribution < 1.29 is 28.8 Å². The topological polar surface area (TPSA) is 149 Å². The molecular weight excluding hydrogens is 420 g/mol. The van der Waals surface area contributed by atoms with E-state index in [0.717, 1.165) is 0 Å². The molecule has 0 aromatic heterocycles. The molecule has 0 saturated carbocycles. The normalized spacial score (nSPS) is 11.1. The van der Waals surface area contributed by atoms with Crippen molar-refractivity contribution in [3.8, 4) is 11.5 Å². The number of ether oxygens (including phenoxy) is 2. The summed E-state index contributed by atoms with van der Waals surface area (Å²) in [6.45, 7) is 3.86. The summed E-state index contributed by atoms with van der Waals surface area (Å²) in [4.78, 5) is 46.0. The lowest BCUT2D eigenvalue weighted by molar-refractivity contribution is -0.384. The second-order valence-electron chi connectivity index (χ2n) is 6.55. The molecule has 0 saturated heterocycles. The molecule has 2 aromatic carbocycles. The minimum atomic E-state index is -0.972. The third-order valence-electron chi connectivity index (χ3n) is 4.08. The minimum Gasteiger partial charge on any atom is -0.494 e. The fraction of sp³-hybridized carbons (Fsp3) is 0.286. The van der Waals surface area contributed by atoms with E-state index in [1.807, 2.05) is 6.92 Å². The van der Waals surface area contributed by atoms with Crippen molar-refractivity contribution in [2.75, 3.05) is 11.9 Å². The third kappa shape index (κ3) is 7.94. The first-order valence-corrected chi connectivity index (χ1v) is 9.81. The maximum absolute atomic E-state index is 12.0. The molecule has 2 aromatic rings. The van der Waals surface area contributed by atoms with Crippen molar-refractivity contribution in [3.63, 3.8) is 0 Å². The Hall–Kier alpha value is -4.15. The van der Waals surface area contributed by atoms with Gasteiger partial charge in [0.05, 0.1) is 11.5 Å². The molecule has 0 spiro atoms. The van der Waals surface area contributed by atoms with Gasteiger partial charge in [0.15, 0.2) is 6.10 Å². The number of hydrazine groups is 1. The molecule has 0 heterocycles. The maximum Gasteiger partial charge on any atom is 0.279 e. The Bertz CT molecular complexity index is 946. The molecule has 2 rings (SSSR count). The Morgan fingerprint density at radius 3 is 2.12 bits per heavy atom. The Morgan fingerprint density at radius 2 is 1.53 bits per heavy atom. The summed E-state index contributed by atoms with van der Waals surface area (Å²) in [6, 6.07) is 12.1. The van der Waals surface area contributed by atoms with Crippen molar-refractivity contribution in [2.24, 2.45) is 0 Å². The van der Waals surface area contributed by atoms with E-state index in [4.69, 9.17) is 9.47 Å². The molecular formula is C21H24N4O7. The van der Waals surface area contributed by atoms with Crippen LogP contribution in [-0.4, -0.2) is 35.4 Å². The smallest absolute Gasteiger partial charge is 0.279 e. The molecule has 0 radical (unpaired) electrons. The average Bonchev–Trinajstić information content (AvgIpc) is 2.77. The molecule has 11 heteroatoms. The van der Waals surface area contributed by atoms with Crippen LogP contribution in [0.15, 0.2) is 48.5 Å². The van der Waals surface area contributed by atoms with Crippen LogP contribution in [0.3, 0.4) is 0 Å². The first kappa shape index (κ1) is 24.1. The lowest BCUT2D eigenvalue weighted by Gasteiger charge is -2.15. The van der Waals surface area contributed by atoms with Crippen molar-refractivity contribution in [3.05, 3.63) is 58.6 Å². The van der Waals surface area contributed by atoms with Gasteiger partial charge in [-0.15, -0.1) is 0 Å². The van der Waals surface area contributed by atoms with Crippen LogP contribution in [0.1, 0.15) is 26.7 Å². The van der Waals surface area contributed by atoms with Crippen LogP contribution in [0.4, 0.5) is 11.4 Å². The molecule has 11 nitrogen and oxygen atoms in total. The van der Waals surface area contributed by atoms with E-state index < -0.39 is 22.8 Å². The van der Waals surface area contributed by atoms with E-state index in [9.17, 15) is 24.5 Å². The van der Waals surface area contributed by atoms with Crippen molar-refractivity contribution in [2.45, 2.75) is 32.8 Å². The molecule has 0 bridgehead atoms. The molecule has 1 atom stereocenters. The van der Waals surface area contributed by atoms with Gasteiger partial charge in [-0.1, -0.05) is 0 Å². The van der Waals surface area contributed by atoms with E-state index in [1.54, 1.807) is 24.3 Å². The molecule has 1 unspecified atom stereocenters. The third-order valence-corrected chi connectivity index (χ3v) is 4.08. The van der Waals surface area contributed by atoms with Gasteiger partial charge >= 0.3 is 0 Å². The largest absolute Gasteiger partial charge is 0.494 e. The molecule has 0 aliphatic rings. The highest BCUT2D eigenvalue weighted by molar-refractivity contribution is 5.93. The highest BCUT2D eigenvalue weighted by atomic mass is 16.6. The summed E-state index contributed by atoms with van der Waals surface area (Å²) < 4.78 is 10.7. The summed E-state index contributed by atoms with van der Waals surface area (Å²) in [5.74, 6) is -0.591. The van der Waals surface area contributed by atoms with Crippen molar-refractivity contribution in [1.82, 2.24) is 10.9 Å². The maximum atomic E-state index is 12.0. The summed E-state index contributed by atoms with van der Waals surface area (Å²) in [6.07, 6.45) is -1.19. The summed E-state index contributed by atoms with van der Waals surface area (Å²) in [5.41, 5.74) is 4.89. The number of non-ortho nitro benzene ring substituents is 1. The number of nitro benzene ring substituents is 1. The van der Waals surface area contributed by atoms with E-state index in [-0.39, 0.29) is 30.2 Å². The van der Waals surface area contributed by atoms with E-state index in [1.165, 1.54) is 31.2 Å². The molecule has 32 heavy (non-hydrogen) atoms. The molecule has 3 N–H and O–H groups in total. The van der Waals surface area contributed by atoms with Gasteiger partial charge < -0.3 is 14.8 Å². The lowest BCUT2D eigenvalue weighted by atomic mass is 10.2. The zero-order chi connectivity index (χ0) is 23.5. The van der Waals surface area contributed by atoms with Gasteiger partial charge in [-0.25, -0.2) is 0 Å². The number of carbonyl (C=O) groups is 3. The molecule has 0 aliphatic heterocycles. The molecule has 170 valence electrons. The van der Waals surface area contributed by atoms with E-state index >= 15 is 0 Å². The monoisotopic (exact) mass is 444 g/mol. The van der Waals surface area contributed by atoms with Crippen LogP contribution in [0, 0.1) is 10.1 Å². The van der Waals surface area contributed by atoms with Crippen LogP contribution in [0.25, 0.3) is 0 Å². The van der Waals surface area contributed by atoms with Crippen LogP contribution in [0.2, 0.25) is 0 Å². The molecule has 0 aliphatic carbocycles. The van der Waals surface area contributed by atoms with Gasteiger partial charge in [-0.3, -0.25) is 35.3 Å². The number of nitro groups is 1. The Labute approximate surface area is 184 Å². The van der Waals surface area contributed by atoms with Crippen LogP contribution in [-0.2, 0) is 14.4 Å². The van der Waals surface area contributed by atoms with Gasteiger partial charge in [0.2, 0.25) is 11.8 Å². The van der Waals surface area contributed by atoms with Gasteiger partial charge in [0.25, 0.3) is 11.6 Å². The van der Waals surface area contributed by atoms with Crippen LogP contribution >= 0.6 is 0 Å². The Balaban J connectivity index is 1.69. The zero-order valence-corrected chi connectivity index (χ0v) is 17.6. The number of amides is 3. The van der Waals surface area contributed by atoms with Gasteiger partial charge in [-0.05, 0) is 50.2 Å². The standard InChI is InChI=1S/C21H24N4O7/c1-3-31-17-8-4-15(5-9-17)22-19(26)12-13-20(27)23-24-21(28)14(2)32-18-10-6-16(7-11-18)25(29)30/h4-11,14H,3,12-13H2,1-2H3,(H,22,26)(H,23,27)(H,24,28). The van der Waals surface area contributed by atoms with Gasteiger partial charge in [-0.2, -0.15) is 0 Å². The van der Waals surface area contributed by atoms with Crippen molar-refractivity contribution in [1.29, 1.82) is 0 Å². The summed E-state index contributed by atoms with van der Waals surface area (Å²) >= 11 is 0. The Kier molecular flexibility index (Phi) is 8.96. The number of benzene rings is 2. The Morgan fingerprint density at radius 1 is 0.938 bits per heavy atom. The predicted octanol–water partition coefficient (Wildman–Crippen LogP) is 2.33. The fourth-order valence-corrected chi connectivity index (χ4v) is 2.45. The van der Waals surface area contributed by atoms with Gasteiger partial charge in [0, 0.05) is 30.7 Å². The summed E-state index contributed by atoms with van der Waals surface area (Å²) in [7, 11) is 0. The molecule has 3 amide bonds. The number of carbonyl (C=O) groups excluding carboxylic acids is 3. The first-order chi connectivity index (χ1) is 15.3. The number of hydrogen-bond acceptors (Lipinski definition) is 7. The zero-order valence-electron chi connectivity index (χ0n) is 17.6. The second kappa shape index (κ2) is 11.9. The van der Waals surface area contributed by atoms with E-state index in [2.05, 4.69) is 16.2 Å². The second-order valence-corrected chi connectivity index (χ2v) is 6.55.